The molecule has 4 heteroatoms. The molecule has 2 bridgehead atoms. The van der Waals surface area contributed by atoms with Gasteiger partial charge in [0, 0.05) is 12.6 Å². The Bertz CT molecular complexity index is 506. The zero-order valence-electron chi connectivity index (χ0n) is 13.4. The molecule has 0 aromatic heterocycles. The molecule has 0 aromatic rings. The number of carbonyl (C=O) groups excluding carboxylic acids is 2. The molecule has 1 saturated carbocycles. The summed E-state index contributed by atoms with van der Waals surface area (Å²) in [4.78, 5) is 27.2. The van der Waals surface area contributed by atoms with Crippen molar-refractivity contribution in [3.63, 3.8) is 0 Å². The Kier molecular flexibility index (Phi) is 3.76. The SMILES string of the molecule is C=CCC(CC(C)(C)CO)N1C(=O)C2C3C=CC(C3)C2C1=O. The molecule has 120 valence electrons. The zero-order chi connectivity index (χ0) is 16.1. The van der Waals surface area contributed by atoms with Crippen LogP contribution in [0, 0.1) is 29.1 Å². The summed E-state index contributed by atoms with van der Waals surface area (Å²) in [6.07, 6.45) is 8.13. The Hall–Kier alpha value is -1.42. The largest absolute Gasteiger partial charge is 0.396 e. The van der Waals surface area contributed by atoms with E-state index in [-0.39, 0.29) is 53.5 Å². The number of fused-ring (bicyclic) bond motifs is 5. The highest BCUT2D eigenvalue weighted by molar-refractivity contribution is 6.06. The van der Waals surface area contributed by atoms with Crippen molar-refractivity contribution in [3.8, 4) is 0 Å². The van der Waals surface area contributed by atoms with Crippen LogP contribution in [0.15, 0.2) is 24.8 Å². The molecule has 1 N–H and O–H groups in total. The smallest absolute Gasteiger partial charge is 0.233 e. The molecule has 2 aliphatic carbocycles. The summed E-state index contributed by atoms with van der Waals surface area (Å²) in [6.45, 7) is 7.72. The molecule has 1 heterocycles. The van der Waals surface area contributed by atoms with Crippen molar-refractivity contribution in [2.24, 2.45) is 29.1 Å². The maximum Gasteiger partial charge on any atom is 0.233 e. The first-order valence-corrected chi connectivity index (χ1v) is 8.16. The van der Waals surface area contributed by atoms with Gasteiger partial charge < -0.3 is 5.11 Å². The van der Waals surface area contributed by atoms with Gasteiger partial charge in [0.1, 0.15) is 0 Å². The van der Waals surface area contributed by atoms with Gasteiger partial charge in [0.05, 0.1) is 11.8 Å². The highest BCUT2D eigenvalue weighted by Gasteiger charge is 2.60. The molecule has 3 aliphatic rings. The molecular formula is C18H25NO3. The molecule has 0 aromatic carbocycles. The summed E-state index contributed by atoms with van der Waals surface area (Å²) in [7, 11) is 0. The number of aliphatic hydroxyl groups is 1. The standard InChI is InChI=1S/C18H25NO3/c1-4-5-13(9-18(2,3)10-20)19-16(21)14-11-6-7-12(8-11)15(14)17(19)22/h4,6-7,11-15,20H,1,5,8-10H2,2-3H3. The number of amides is 2. The Morgan fingerprint density at radius 1 is 1.32 bits per heavy atom. The van der Waals surface area contributed by atoms with Gasteiger partial charge in [-0.1, -0.05) is 32.1 Å². The first-order valence-electron chi connectivity index (χ1n) is 8.16. The molecule has 2 amide bonds. The quantitative estimate of drug-likeness (QED) is 0.604. The van der Waals surface area contributed by atoms with E-state index in [0.717, 1.165) is 6.42 Å². The number of likely N-dealkylation sites (tertiary alicyclic amines) is 1. The molecule has 5 unspecified atom stereocenters. The van der Waals surface area contributed by atoms with Crippen LogP contribution in [0.2, 0.25) is 0 Å². The van der Waals surface area contributed by atoms with E-state index in [0.29, 0.717) is 12.8 Å². The predicted octanol–water partition coefficient (Wildman–Crippen LogP) is 2.15. The van der Waals surface area contributed by atoms with E-state index in [2.05, 4.69) is 18.7 Å². The van der Waals surface area contributed by atoms with Gasteiger partial charge in [-0.15, -0.1) is 6.58 Å². The van der Waals surface area contributed by atoms with Gasteiger partial charge in [-0.2, -0.15) is 0 Å². The van der Waals surface area contributed by atoms with E-state index in [1.807, 2.05) is 13.8 Å². The number of aliphatic hydroxyl groups excluding tert-OH is 1. The fourth-order valence-corrected chi connectivity index (χ4v) is 4.46. The number of nitrogens with zero attached hydrogens (tertiary/aromatic N) is 1. The highest BCUT2D eigenvalue weighted by atomic mass is 16.3. The van der Waals surface area contributed by atoms with Crippen LogP contribution >= 0.6 is 0 Å². The number of hydrogen-bond donors (Lipinski definition) is 1. The van der Waals surface area contributed by atoms with Crippen LogP contribution in [0.3, 0.4) is 0 Å². The van der Waals surface area contributed by atoms with E-state index in [9.17, 15) is 14.7 Å². The lowest BCUT2D eigenvalue weighted by atomic mass is 9.85. The second kappa shape index (κ2) is 5.34. The first kappa shape index (κ1) is 15.5. The zero-order valence-corrected chi connectivity index (χ0v) is 13.4. The fourth-order valence-electron chi connectivity index (χ4n) is 4.46. The van der Waals surface area contributed by atoms with Crippen LogP contribution in [0.25, 0.3) is 0 Å². The lowest BCUT2D eigenvalue weighted by Crippen LogP contribution is -2.44. The van der Waals surface area contributed by atoms with Gasteiger partial charge >= 0.3 is 0 Å². The van der Waals surface area contributed by atoms with Crippen LogP contribution < -0.4 is 0 Å². The minimum Gasteiger partial charge on any atom is -0.396 e. The molecule has 5 atom stereocenters. The minimum absolute atomic E-state index is 0.00700. The fraction of sp³-hybridized carbons (Fsp3) is 0.667. The average Bonchev–Trinajstić information content (AvgIpc) is 3.13. The normalized spacial score (nSPS) is 34.4. The molecule has 3 rings (SSSR count). The summed E-state index contributed by atoms with van der Waals surface area (Å²) >= 11 is 0. The third-order valence-electron chi connectivity index (χ3n) is 5.52. The molecule has 1 aliphatic heterocycles. The van der Waals surface area contributed by atoms with Crippen molar-refractivity contribution < 1.29 is 14.7 Å². The van der Waals surface area contributed by atoms with Crippen molar-refractivity contribution >= 4 is 11.8 Å². The maximum absolute atomic E-state index is 12.9. The first-order chi connectivity index (χ1) is 10.4. The van der Waals surface area contributed by atoms with Gasteiger partial charge in [0.15, 0.2) is 0 Å². The summed E-state index contributed by atoms with van der Waals surface area (Å²) in [6, 6.07) is -0.190. The van der Waals surface area contributed by atoms with E-state index in [4.69, 9.17) is 0 Å². The minimum atomic E-state index is -0.316. The van der Waals surface area contributed by atoms with E-state index >= 15 is 0 Å². The van der Waals surface area contributed by atoms with Gasteiger partial charge in [-0.25, -0.2) is 0 Å². The monoisotopic (exact) mass is 303 g/mol. The Labute approximate surface area is 131 Å². The van der Waals surface area contributed by atoms with Crippen LogP contribution in [0.1, 0.15) is 33.1 Å². The number of rotatable bonds is 6. The number of imide groups is 1. The van der Waals surface area contributed by atoms with Gasteiger partial charge in [0.2, 0.25) is 11.8 Å². The van der Waals surface area contributed by atoms with Crippen molar-refractivity contribution in [2.45, 2.75) is 39.2 Å². The second-order valence-electron chi connectivity index (χ2n) is 7.75. The van der Waals surface area contributed by atoms with Crippen LogP contribution in [0.5, 0.6) is 0 Å². The third kappa shape index (κ3) is 2.24. The van der Waals surface area contributed by atoms with E-state index in [1.165, 1.54) is 4.90 Å². The Balaban J connectivity index is 1.85. The van der Waals surface area contributed by atoms with Gasteiger partial charge in [-0.05, 0) is 36.5 Å². The van der Waals surface area contributed by atoms with Crippen LogP contribution in [-0.2, 0) is 9.59 Å². The highest BCUT2D eigenvalue weighted by Crippen LogP contribution is 2.53. The maximum atomic E-state index is 12.9. The summed E-state index contributed by atoms with van der Waals surface area (Å²) in [5.41, 5.74) is -0.316. The molecule has 22 heavy (non-hydrogen) atoms. The lowest BCUT2D eigenvalue weighted by molar-refractivity contribution is -0.144. The lowest BCUT2D eigenvalue weighted by Gasteiger charge is -2.33. The van der Waals surface area contributed by atoms with Crippen LogP contribution in [-0.4, -0.2) is 34.5 Å². The van der Waals surface area contributed by atoms with Crippen molar-refractivity contribution in [3.05, 3.63) is 24.8 Å². The molecule has 4 nitrogen and oxygen atoms in total. The van der Waals surface area contributed by atoms with Gasteiger partial charge in [0.25, 0.3) is 0 Å². The van der Waals surface area contributed by atoms with Crippen molar-refractivity contribution in [2.75, 3.05) is 6.61 Å². The molecule has 0 spiro atoms. The van der Waals surface area contributed by atoms with Crippen molar-refractivity contribution in [1.82, 2.24) is 4.90 Å². The van der Waals surface area contributed by atoms with Gasteiger partial charge in [-0.3, -0.25) is 14.5 Å². The number of allylic oxidation sites excluding steroid dienone is 2. The number of carbonyl (C=O) groups is 2. The Morgan fingerprint density at radius 3 is 2.32 bits per heavy atom. The third-order valence-corrected chi connectivity index (χ3v) is 5.52. The summed E-state index contributed by atoms with van der Waals surface area (Å²) in [5, 5.41) is 9.52. The molecule has 0 radical (unpaired) electrons. The molecular weight excluding hydrogens is 278 g/mol. The summed E-state index contributed by atoms with van der Waals surface area (Å²) in [5.74, 6) is 0.178. The van der Waals surface area contributed by atoms with Crippen LogP contribution in [0.4, 0.5) is 0 Å². The summed E-state index contributed by atoms with van der Waals surface area (Å²) < 4.78 is 0. The predicted molar refractivity (Wildman–Crippen MR) is 83.7 cm³/mol. The average molecular weight is 303 g/mol. The molecule has 2 fully saturated rings. The van der Waals surface area contributed by atoms with Crippen molar-refractivity contribution in [1.29, 1.82) is 0 Å². The Morgan fingerprint density at radius 2 is 1.86 bits per heavy atom. The molecule has 1 saturated heterocycles. The van der Waals surface area contributed by atoms with E-state index < -0.39 is 0 Å². The topological polar surface area (TPSA) is 57.6 Å². The number of hydrogen-bond acceptors (Lipinski definition) is 3. The second-order valence-corrected chi connectivity index (χ2v) is 7.75. The van der Waals surface area contributed by atoms with E-state index in [1.54, 1.807) is 6.08 Å².